The first-order chi connectivity index (χ1) is 8.19. The van der Waals surface area contributed by atoms with Crippen LogP contribution >= 0.6 is 12.6 Å². The first-order valence-electron chi connectivity index (χ1n) is 6.72. The third kappa shape index (κ3) is 3.38. The zero-order valence-electron chi connectivity index (χ0n) is 10.7. The largest absolute Gasteiger partial charge is 0.342 e. The molecule has 0 aromatic rings. The fourth-order valence-corrected chi connectivity index (χ4v) is 3.18. The summed E-state index contributed by atoms with van der Waals surface area (Å²) in [5.41, 5.74) is 0.260. The highest BCUT2D eigenvalue weighted by Crippen LogP contribution is 2.49. The number of carbonyl (C=O) groups is 1. The molecule has 1 aliphatic heterocycles. The molecule has 2 rings (SSSR count). The Kier molecular flexibility index (Phi) is 4.36. The van der Waals surface area contributed by atoms with Gasteiger partial charge in [0, 0.05) is 19.5 Å². The number of rotatable bonds is 5. The maximum Gasteiger partial charge on any atom is 0.223 e. The first-order valence-corrected chi connectivity index (χ1v) is 7.35. The molecule has 1 unspecified atom stereocenters. The summed E-state index contributed by atoms with van der Waals surface area (Å²) in [7, 11) is 1.99. The lowest BCUT2D eigenvalue weighted by Crippen LogP contribution is -2.43. The normalized spacial score (nSPS) is 26.9. The van der Waals surface area contributed by atoms with Crippen LogP contribution in [0, 0.1) is 11.3 Å². The third-order valence-corrected chi connectivity index (χ3v) is 4.85. The molecule has 98 valence electrons. The van der Waals surface area contributed by atoms with E-state index in [0.29, 0.717) is 11.8 Å². The standard InChI is InChI=1S/C13H24N2OS/c1-14-8-11-3-2-6-15(9-11)12(16)7-13(10-17)4-5-13/h11,14,17H,2-10H2,1H3. The topological polar surface area (TPSA) is 32.3 Å². The Hall–Kier alpha value is -0.220. The van der Waals surface area contributed by atoms with Gasteiger partial charge in [-0.25, -0.2) is 0 Å². The maximum atomic E-state index is 12.2. The zero-order valence-corrected chi connectivity index (χ0v) is 11.6. The van der Waals surface area contributed by atoms with Crippen molar-refractivity contribution in [2.75, 3.05) is 32.4 Å². The van der Waals surface area contributed by atoms with Crippen LogP contribution in [0.2, 0.25) is 0 Å². The molecule has 0 spiro atoms. The smallest absolute Gasteiger partial charge is 0.223 e. The number of nitrogens with zero attached hydrogens (tertiary/aromatic N) is 1. The van der Waals surface area contributed by atoms with E-state index in [1.807, 2.05) is 7.05 Å². The zero-order chi connectivity index (χ0) is 12.3. The second-order valence-corrected chi connectivity index (χ2v) is 6.06. The highest BCUT2D eigenvalue weighted by atomic mass is 32.1. The molecule has 1 aliphatic carbocycles. The summed E-state index contributed by atoms with van der Waals surface area (Å²) in [4.78, 5) is 14.3. The number of amides is 1. The van der Waals surface area contributed by atoms with Crippen molar-refractivity contribution in [1.82, 2.24) is 10.2 Å². The molecule has 0 bridgehead atoms. The summed E-state index contributed by atoms with van der Waals surface area (Å²) in [5, 5.41) is 3.22. The van der Waals surface area contributed by atoms with Crippen LogP contribution in [0.5, 0.6) is 0 Å². The van der Waals surface area contributed by atoms with Crippen molar-refractivity contribution >= 4 is 18.5 Å². The lowest BCUT2D eigenvalue weighted by atomic mass is 9.96. The molecule has 2 fully saturated rings. The van der Waals surface area contributed by atoms with E-state index in [2.05, 4.69) is 22.8 Å². The van der Waals surface area contributed by atoms with Crippen molar-refractivity contribution in [3.8, 4) is 0 Å². The minimum atomic E-state index is 0.260. The minimum absolute atomic E-state index is 0.260. The fraction of sp³-hybridized carbons (Fsp3) is 0.923. The van der Waals surface area contributed by atoms with Gasteiger partial charge in [0.25, 0.3) is 0 Å². The lowest BCUT2D eigenvalue weighted by molar-refractivity contribution is -0.134. The van der Waals surface area contributed by atoms with Gasteiger partial charge in [-0.1, -0.05) is 0 Å². The van der Waals surface area contributed by atoms with E-state index in [4.69, 9.17) is 0 Å². The van der Waals surface area contributed by atoms with Crippen LogP contribution in [0.1, 0.15) is 32.1 Å². The van der Waals surface area contributed by atoms with Crippen molar-refractivity contribution in [2.45, 2.75) is 32.1 Å². The van der Waals surface area contributed by atoms with Crippen molar-refractivity contribution < 1.29 is 4.79 Å². The summed E-state index contributed by atoms with van der Waals surface area (Å²) in [6.45, 7) is 2.94. The monoisotopic (exact) mass is 256 g/mol. The van der Waals surface area contributed by atoms with Crippen molar-refractivity contribution in [2.24, 2.45) is 11.3 Å². The molecule has 1 saturated heterocycles. The quantitative estimate of drug-likeness (QED) is 0.732. The van der Waals surface area contributed by atoms with E-state index in [1.165, 1.54) is 19.3 Å². The Bertz CT molecular complexity index is 277. The van der Waals surface area contributed by atoms with Gasteiger partial charge in [-0.15, -0.1) is 0 Å². The maximum absolute atomic E-state index is 12.2. The molecule has 1 amide bonds. The van der Waals surface area contributed by atoms with Gasteiger partial charge in [0.2, 0.25) is 5.91 Å². The van der Waals surface area contributed by atoms with Gasteiger partial charge in [0.1, 0.15) is 0 Å². The van der Waals surface area contributed by atoms with E-state index < -0.39 is 0 Å². The number of thiol groups is 1. The van der Waals surface area contributed by atoms with Crippen LogP contribution in [-0.4, -0.2) is 43.2 Å². The van der Waals surface area contributed by atoms with Crippen LogP contribution in [0.3, 0.4) is 0 Å². The second-order valence-electron chi connectivity index (χ2n) is 5.74. The first kappa shape index (κ1) is 13.2. The van der Waals surface area contributed by atoms with Crippen LogP contribution < -0.4 is 5.32 Å². The second kappa shape index (κ2) is 5.61. The predicted octanol–water partition coefficient (Wildman–Crippen LogP) is 1.54. The number of carbonyl (C=O) groups excluding carboxylic acids is 1. The molecule has 1 saturated carbocycles. The van der Waals surface area contributed by atoms with Crippen molar-refractivity contribution in [3.05, 3.63) is 0 Å². The van der Waals surface area contributed by atoms with Gasteiger partial charge < -0.3 is 10.2 Å². The summed E-state index contributed by atoms with van der Waals surface area (Å²) < 4.78 is 0. The molecule has 1 N–H and O–H groups in total. The molecule has 4 heteroatoms. The van der Waals surface area contributed by atoms with E-state index in [1.54, 1.807) is 0 Å². The molecule has 17 heavy (non-hydrogen) atoms. The summed E-state index contributed by atoms with van der Waals surface area (Å²) in [6.07, 6.45) is 5.52. The van der Waals surface area contributed by atoms with Gasteiger partial charge in [-0.3, -0.25) is 4.79 Å². The van der Waals surface area contributed by atoms with Crippen molar-refractivity contribution in [1.29, 1.82) is 0 Å². The molecule has 0 radical (unpaired) electrons. The van der Waals surface area contributed by atoms with Gasteiger partial charge >= 0.3 is 0 Å². The number of hydrogen-bond acceptors (Lipinski definition) is 3. The Labute approximate surface area is 110 Å². The van der Waals surface area contributed by atoms with E-state index in [-0.39, 0.29) is 5.41 Å². The number of piperidine rings is 1. The Morgan fingerprint density at radius 1 is 1.53 bits per heavy atom. The average Bonchev–Trinajstić information content (AvgIpc) is 3.10. The molecular formula is C13H24N2OS. The molecule has 0 aromatic heterocycles. The van der Waals surface area contributed by atoms with E-state index in [9.17, 15) is 4.79 Å². The third-order valence-electron chi connectivity index (χ3n) is 4.18. The van der Waals surface area contributed by atoms with Gasteiger partial charge in [-0.2, -0.15) is 12.6 Å². The predicted molar refractivity (Wildman–Crippen MR) is 73.4 cm³/mol. The number of likely N-dealkylation sites (tertiary alicyclic amines) is 1. The number of nitrogens with one attached hydrogen (secondary N) is 1. The van der Waals surface area contributed by atoms with Crippen LogP contribution in [-0.2, 0) is 4.79 Å². The Morgan fingerprint density at radius 2 is 2.29 bits per heavy atom. The summed E-state index contributed by atoms with van der Waals surface area (Å²) in [6, 6.07) is 0. The Morgan fingerprint density at radius 3 is 2.88 bits per heavy atom. The minimum Gasteiger partial charge on any atom is -0.342 e. The van der Waals surface area contributed by atoms with Crippen LogP contribution in [0.15, 0.2) is 0 Å². The highest BCUT2D eigenvalue weighted by Gasteiger charge is 2.44. The van der Waals surface area contributed by atoms with Gasteiger partial charge in [-0.05, 0) is 56.4 Å². The summed E-state index contributed by atoms with van der Waals surface area (Å²) >= 11 is 4.37. The summed E-state index contributed by atoms with van der Waals surface area (Å²) in [5.74, 6) is 1.87. The molecule has 1 heterocycles. The molecule has 0 aromatic carbocycles. The molecule has 2 aliphatic rings. The molecule has 1 atom stereocenters. The Balaban J connectivity index is 1.82. The average molecular weight is 256 g/mol. The highest BCUT2D eigenvalue weighted by molar-refractivity contribution is 7.80. The van der Waals surface area contributed by atoms with E-state index >= 15 is 0 Å². The molecular weight excluding hydrogens is 232 g/mol. The fourth-order valence-electron chi connectivity index (χ4n) is 2.75. The van der Waals surface area contributed by atoms with E-state index in [0.717, 1.165) is 38.2 Å². The number of hydrogen-bond donors (Lipinski definition) is 2. The van der Waals surface area contributed by atoms with Gasteiger partial charge in [0.15, 0.2) is 0 Å². The SMILES string of the molecule is CNCC1CCCN(C(=O)CC2(CS)CC2)C1. The lowest BCUT2D eigenvalue weighted by Gasteiger charge is -2.33. The van der Waals surface area contributed by atoms with Crippen LogP contribution in [0.25, 0.3) is 0 Å². The van der Waals surface area contributed by atoms with Crippen LogP contribution in [0.4, 0.5) is 0 Å². The van der Waals surface area contributed by atoms with Gasteiger partial charge in [0.05, 0.1) is 0 Å². The van der Waals surface area contributed by atoms with Crippen molar-refractivity contribution in [3.63, 3.8) is 0 Å². The molecule has 3 nitrogen and oxygen atoms in total.